The third-order valence-electron chi connectivity index (χ3n) is 13.3. The monoisotopic (exact) mass is 1270 g/mol. The van der Waals surface area contributed by atoms with E-state index in [0.29, 0.717) is 106 Å². The van der Waals surface area contributed by atoms with Crippen molar-refractivity contribution in [3.05, 3.63) is 215 Å². The maximum atomic E-state index is 13.5. The summed E-state index contributed by atoms with van der Waals surface area (Å²) in [5.41, 5.74) is 8.71. The van der Waals surface area contributed by atoms with Gasteiger partial charge in [0.15, 0.2) is 0 Å². The van der Waals surface area contributed by atoms with Gasteiger partial charge in [0.1, 0.15) is 105 Å². The average molecular weight is 1270 g/mol. The van der Waals surface area contributed by atoms with E-state index in [0.717, 1.165) is 44.3 Å². The van der Waals surface area contributed by atoms with Crippen LogP contribution in [0.1, 0.15) is 54.2 Å². The highest BCUT2D eigenvalue weighted by Crippen LogP contribution is 2.32. The summed E-state index contributed by atoms with van der Waals surface area (Å²) in [4.78, 5) is 40.4. The van der Waals surface area contributed by atoms with Crippen molar-refractivity contribution in [3.8, 4) is 5.75 Å². The van der Waals surface area contributed by atoms with Crippen LogP contribution in [0.15, 0.2) is 174 Å². The molecule has 0 saturated carbocycles. The van der Waals surface area contributed by atoms with E-state index in [1.165, 1.54) is 75.8 Å². The molecule has 0 aliphatic heterocycles. The molecule has 0 bridgehead atoms. The SMILES string of the molecule is CCNc1ncnc(Nc2ccc3c(cnn3Cc3cccc(F)c3)c2)c1/C=N/OC.CCNc1ncnc(Nc2ccc3c(cnn3Cc3cccc(F)c3)c2)c1/C=N/OCC.CNc1ncnc(Nc2ccc(OCc3cccc(F)c3)c(Cl)c2)c1/C=N/OC. The molecule has 0 atom stereocenters. The molecule has 0 spiro atoms. The lowest BCUT2D eigenvalue weighted by atomic mass is 10.2. The molecule has 6 N–H and O–H groups in total. The summed E-state index contributed by atoms with van der Waals surface area (Å²) in [6.45, 7) is 8.93. The highest BCUT2D eigenvalue weighted by molar-refractivity contribution is 6.32. The zero-order valence-electron chi connectivity index (χ0n) is 50.9. The number of benzene rings is 6. The molecule has 11 aromatic rings. The Balaban J connectivity index is 0.000000163. The Morgan fingerprint density at radius 2 is 0.924 bits per heavy atom. The van der Waals surface area contributed by atoms with Gasteiger partial charge in [-0.3, -0.25) is 9.36 Å². The van der Waals surface area contributed by atoms with Gasteiger partial charge in [-0.1, -0.05) is 63.5 Å². The van der Waals surface area contributed by atoms with Crippen LogP contribution in [0.5, 0.6) is 5.75 Å². The maximum Gasteiger partial charge on any atom is 0.144 e. The quantitative estimate of drug-likeness (QED) is 0.0230. The van der Waals surface area contributed by atoms with Crippen LogP contribution in [0.3, 0.4) is 0 Å². The molecule has 0 unspecified atom stereocenters. The van der Waals surface area contributed by atoms with Gasteiger partial charge in [0.05, 0.1) is 76.9 Å². The highest BCUT2D eigenvalue weighted by atomic mass is 35.5. The van der Waals surface area contributed by atoms with Crippen LogP contribution < -0.4 is 36.6 Å². The van der Waals surface area contributed by atoms with E-state index in [9.17, 15) is 13.2 Å². The Morgan fingerprint density at radius 1 is 0.500 bits per heavy atom. The van der Waals surface area contributed by atoms with E-state index in [-0.39, 0.29) is 24.1 Å². The van der Waals surface area contributed by atoms with E-state index in [1.807, 2.05) is 78.7 Å². The Morgan fingerprint density at radius 3 is 1.37 bits per heavy atom. The highest BCUT2D eigenvalue weighted by Gasteiger charge is 2.16. The van der Waals surface area contributed by atoms with Crippen molar-refractivity contribution in [1.82, 2.24) is 49.5 Å². The normalized spacial score (nSPS) is 11.1. The number of fused-ring (bicyclic) bond motifs is 2. The van der Waals surface area contributed by atoms with Crippen molar-refractivity contribution >= 4 is 104 Å². The Hall–Kier alpha value is -11.4. The molecule has 0 aliphatic rings. The summed E-state index contributed by atoms with van der Waals surface area (Å²) < 4.78 is 49.7. The summed E-state index contributed by atoms with van der Waals surface area (Å²) in [5, 5.41) is 42.1. The first kappa shape index (κ1) is 65.0. The van der Waals surface area contributed by atoms with E-state index < -0.39 is 0 Å². The smallest absolute Gasteiger partial charge is 0.144 e. The number of nitrogens with one attached hydrogen (secondary N) is 6. The number of oxime groups is 3. The van der Waals surface area contributed by atoms with Gasteiger partial charge >= 0.3 is 0 Å². The van der Waals surface area contributed by atoms with Crippen molar-refractivity contribution in [2.45, 2.75) is 40.5 Å². The summed E-state index contributed by atoms with van der Waals surface area (Å²) in [6.07, 6.45) is 12.7. The molecule has 6 aromatic carbocycles. The number of nitrogens with zero attached hydrogens (tertiary/aromatic N) is 13. The van der Waals surface area contributed by atoms with Crippen LogP contribution in [-0.4, -0.2) is 109 Å². The molecular weight excluding hydrogens is 1200 g/mol. The van der Waals surface area contributed by atoms with Crippen LogP contribution in [0, 0.1) is 17.5 Å². The Bertz CT molecular complexity index is 4340. The first-order valence-electron chi connectivity index (χ1n) is 28.8. The van der Waals surface area contributed by atoms with Gasteiger partial charge in [-0.25, -0.2) is 43.1 Å². The third kappa shape index (κ3) is 17.7. The van der Waals surface area contributed by atoms with Crippen molar-refractivity contribution in [1.29, 1.82) is 0 Å². The van der Waals surface area contributed by atoms with Gasteiger partial charge in [0.2, 0.25) is 0 Å². The first-order chi connectivity index (χ1) is 44.9. The standard InChI is InChI=1S/C23H24FN7O.C22H22FN7O.C20H19ClFN5O2/c1-3-25-22-20(13-29-32-4-2)23(27-15-26-22)30-19-8-9-21-17(11-19)12-28-31(21)14-16-6-5-7-18(24)10-16;1-3-24-21-19(12-28-31-2)22(26-14-25-21)29-18-7-8-20-16(10-18)11-27-30(20)13-15-5-4-6-17(23)9-15;1-23-19-16(10-26-28-2)20(25-12-24-19)27-15-6-7-18(17(21)9-15)29-11-13-4-3-5-14(22)8-13/h5-13,15H,3-4,14H2,1-2H3,(H2,25,26,27,30);4-12,14H,3,13H2,1-2H3,(H2,24,25,26,29);3-10,12H,11H2,1-2H3,(H2,23,24,25,27)/b29-13+;28-12+;26-10+. The predicted molar refractivity (Wildman–Crippen MR) is 355 cm³/mol. The van der Waals surface area contributed by atoms with Crippen LogP contribution >= 0.6 is 11.6 Å². The fourth-order valence-electron chi connectivity index (χ4n) is 9.14. The second-order valence-electron chi connectivity index (χ2n) is 19.6. The molecule has 0 aliphatic carbocycles. The molecule has 0 radical (unpaired) electrons. The molecule has 0 saturated heterocycles. The van der Waals surface area contributed by atoms with E-state index in [1.54, 1.807) is 74.3 Å². The van der Waals surface area contributed by atoms with Crippen molar-refractivity contribution in [3.63, 3.8) is 0 Å². The largest absolute Gasteiger partial charge is 0.487 e. The number of hydrogen-bond donors (Lipinski definition) is 6. The van der Waals surface area contributed by atoms with Crippen LogP contribution in [0.2, 0.25) is 5.02 Å². The van der Waals surface area contributed by atoms with E-state index >= 15 is 0 Å². The van der Waals surface area contributed by atoms with Crippen molar-refractivity contribution < 1.29 is 32.4 Å². The Kier molecular flexibility index (Phi) is 23.1. The number of halogens is 4. The molecule has 11 rings (SSSR count). The van der Waals surface area contributed by atoms with Gasteiger partial charge in [-0.15, -0.1) is 0 Å². The van der Waals surface area contributed by atoms with Gasteiger partial charge in [-0.2, -0.15) is 10.2 Å². The number of aromatic nitrogens is 10. The maximum absolute atomic E-state index is 13.5. The number of rotatable bonds is 25. The molecular formula is C65H65ClF3N19O4. The lowest BCUT2D eigenvalue weighted by Gasteiger charge is -2.13. The zero-order chi connectivity index (χ0) is 64.6. The second kappa shape index (κ2) is 32.7. The summed E-state index contributed by atoms with van der Waals surface area (Å²) in [5.74, 6) is 3.30. The van der Waals surface area contributed by atoms with Gasteiger partial charge in [0.25, 0.3) is 0 Å². The molecule has 0 fully saturated rings. The third-order valence-corrected chi connectivity index (χ3v) is 13.6. The zero-order valence-corrected chi connectivity index (χ0v) is 51.7. The summed E-state index contributed by atoms with van der Waals surface area (Å²) in [7, 11) is 4.68. The van der Waals surface area contributed by atoms with Gasteiger partial charge in [0, 0.05) is 48.0 Å². The summed E-state index contributed by atoms with van der Waals surface area (Å²) in [6, 6.07) is 36.3. The Labute approximate surface area is 532 Å². The number of hydrogen-bond acceptors (Lipinski definition) is 21. The molecule has 5 heterocycles. The minimum Gasteiger partial charge on any atom is -0.487 e. The van der Waals surface area contributed by atoms with E-state index in [2.05, 4.69) is 87.5 Å². The van der Waals surface area contributed by atoms with Crippen LogP contribution in [0.4, 0.5) is 65.1 Å². The van der Waals surface area contributed by atoms with Gasteiger partial charge < -0.3 is 51.2 Å². The molecule has 5 aromatic heterocycles. The minimum absolute atomic E-state index is 0.208. The molecule has 27 heteroatoms. The summed E-state index contributed by atoms with van der Waals surface area (Å²) >= 11 is 6.34. The topological polar surface area (TPSA) is 259 Å². The number of anilines is 9. The number of ether oxygens (including phenoxy) is 1. The minimum atomic E-state index is -0.310. The van der Waals surface area contributed by atoms with Gasteiger partial charge in [-0.05, 0) is 128 Å². The van der Waals surface area contributed by atoms with Crippen molar-refractivity contribution in [2.75, 3.05) is 72.9 Å². The fourth-order valence-corrected chi connectivity index (χ4v) is 9.37. The molecule has 472 valence electrons. The second-order valence-corrected chi connectivity index (χ2v) is 20.0. The van der Waals surface area contributed by atoms with Crippen molar-refractivity contribution in [2.24, 2.45) is 15.5 Å². The van der Waals surface area contributed by atoms with Crippen LogP contribution in [-0.2, 0) is 34.2 Å². The van der Waals surface area contributed by atoms with E-state index in [4.69, 9.17) is 30.9 Å². The molecule has 23 nitrogen and oxygen atoms in total. The van der Waals surface area contributed by atoms with Crippen LogP contribution in [0.25, 0.3) is 21.8 Å². The average Bonchev–Trinajstić information content (AvgIpc) is 1.75. The predicted octanol–water partition coefficient (Wildman–Crippen LogP) is 13.3. The first-order valence-corrected chi connectivity index (χ1v) is 29.2. The lowest BCUT2D eigenvalue weighted by molar-refractivity contribution is 0.160. The lowest BCUT2D eigenvalue weighted by Crippen LogP contribution is -2.08. The fraction of sp³-hybridized carbons (Fsp3) is 0.185. The molecule has 92 heavy (non-hydrogen) atoms. The molecule has 0 amide bonds.